The second-order valence-corrected chi connectivity index (χ2v) is 6.13. The number of carbonyl (C=O) groups excluding carboxylic acids is 1. The van der Waals surface area contributed by atoms with Crippen LogP contribution in [-0.4, -0.2) is 35.0 Å². The highest BCUT2D eigenvalue weighted by Gasteiger charge is 2.60. The smallest absolute Gasteiger partial charge is 0.334 e. The zero-order valence-electron chi connectivity index (χ0n) is 11.4. The number of allylic oxidation sites excluding steroid dienone is 1. The van der Waals surface area contributed by atoms with Gasteiger partial charge in [-0.2, -0.15) is 0 Å². The molecule has 4 nitrogen and oxygen atoms in total. The highest BCUT2D eigenvalue weighted by atomic mass is 16.6. The molecular formula is C15H20O4. The van der Waals surface area contributed by atoms with Crippen molar-refractivity contribution in [2.24, 2.45) is 5.92 Å². The van der Waals surface area contributed by atoms with Crippen LogP contribution in [0.15, 0.2) is 23.8 Å². The number of aliphatic hydroxyl groups excluding tert-OH is 1. The molecular weight excluding hydrogens is 244 g/mol. The Bertz CT molecular complexity index is 467. The molecule has 2 saturated heterocycles. The lowest BCUT2D eigenvalue weighted by atomic mass is 9.82. The Morgan fingerprint density at radius 2 is 2.26 bits per heavy atom. The molecule has 3 aliphatic rings. The monoisotopic (exact) mass is 264 g/mol. The second kappa shape index (κ2) is 4.18. The van der Waals surface area contributed by atoms with Gasteiger partial charge in [0.1, 0.15) is 12.2 Å². The number of hydrogen-bond acceptors (Lipinski definition) is 4. The van der Waals surface area contributed by atoms with Crippen LogP contribution in [-0.2, 0) is 14.3 Å². The van der Waals surface area contributed by atoms with Gasteiger partial charge in [0.15, 0.2) is 0 Å². The lowest BCUT2D eigenvalue weighted by molar-refractivity contribution is -0.139. The number of hydrogen-bond donors (Lipinski definition) is 1. The summed E-state index contributed by atoms with van der Waals surface area (Å²) in [5, 5.41) is 10.5. The summed E-state index contributed by atoms with van der Waals surface area (Å²) in [6, 6.07) is 0. The van der Waals surface area contributed by atoms with Crippen molar-refractivity contribution in [3.63, 3.8) is 0 Å². The third-order valence-corrected chi connectivity index (χ3v) is 4.60. The van der Waals surface area contributed by atoms with E-state index in [2.05, 4.69) is 12.7 Å². The second-order valence-electron chi connectivity index (χ2n) is 6.13. The van der Waals surface area contributed by atoms with Gasteiger partial charge in [-0.25, -0.2) is 4.79 Å². The number of fused-ring (bicyclic) bond motifs is 2. The minimum Gasteiger partial charge on any atom is -0.458 e. The van der Waals surface area contributed by atoms with Crippen LogP contribution in [0.4, 0.5) is 0 Å². The summed E-state index contributed by atoms with van der Waals surface area (Å²) in [6.07, 6.45) is 3.43. The van der Waals surface area contributed by atoms with Gasteiger partial charge in [-0.05, 0) is 26.7 Å². The minimum atomic E-state index is -0.708. The quantitative estimate of drug-likeness (QED) is 0.313. The van der Waals surface area contributed by atoms with Crippen molar-refractivity contribution in [2.75, 3.05) is 0 Å². The van der Waals surface area contributed by atoms with Gasteiger partial charge in [0, 0.05) is 12.0 Å². The Kier molecular flexibility index (Phi) is 2.84. The maximum atomic E-state index is 11.7. The van der Waals surface area contributed by atoms with E-state index in [0.717, 1.165) is 12.8 Å². The first-order valence-electron chi connectivity index (χ1n) is 6.84. The van der Waals surface area contributed by atoms with E-state index >= 15 is 0 Å². The van der Waals surface area contributed by atoms with Crippen LogP contribution >= 0.6 is 0 Å². The summed E-state index contributed by atoms with van der Waals surface area (Å²) in [5.41, 5.74) is 1.29. The summed E-state index contributed by atoms with van der Waals surface area (Å²) in [7, 11) is 0. The Balaban J connectivity index is 1.92. The first-order valence-corrected chi connectivity index (χ1v) is 6.84. The number of epoxide rings is 1. The lowest BCUT2D eigenvalue weighted by Crippen LogP contribution is -2.36. The molecule has 0 bridgehead atoms. The molecule has 0 radical (unpaired) electrons. The zero-order chi connectivity index (χ0) is 13.8. The average Bonchev–Trinajstić information content (AvgIpc) is 2.92. The van der Waals surface area contributed by atoms with E-state index in [-0.39, 0.29) is 29.7 Å². The van der Waals surface area contributed by atoms with Gasteiger partial charge in [0.25, 0.3) is 0 Å². The Hall–Kier alpha value is -1.13. The van der Waals surface area contributed by atoms with E-state index in [1.807, 2.05) is 13.8 Å². The number of aliphatic hydroxyl groups is 1. The molecule has 2 fully saturated rings. The van der Waals surface area contributed by atoms with Gasteiger partial charge in [-0.3, -0.25) is 0 Å². The number of carbonyl (C=O) groups is 1. The summed E-state index contributed by atoms with van der Waals surface area (Å²) in [5.74, 6) is -0.732. The number of esters is 1. The molecule has 2 heterocycles. The van der Waals surface area contributed by atoms with E-state index in [0.29, 0.717) is 12.0 Å². The molecule has 0 aromatic rings. The molecule has 0 aromatic carbocycles. The maximum absolute atomic E-state index is 11.7. The molecule has 2 aliphatic heterocycles. The van der Waals surface area contributed by atoms with E-state index in [1.165, 1.54) is 5.57 Å². The maximum Gasteiger partial charge on any atom is 0.334 e. The van der Waals surface area contributed by atoms with Crippen molar-refractivity contribution >= 4 is 5.97 Å². The van der Waals surface area contributed by atoms with Crippen LogP contribution in [0.1, 0.15) is 33.1 Å². The van der Waals surface area contributed by atoms with Gasteiger partial charge in [-0.15, -0.1) is 0 Å². The summed E-state index contributed by atoms with van der Waals surface area (Å²) in [4.78, 5) is 11.7. The summed E-state index contributed by atoms with van der Waals surface area (Å²) in [6.45, 7) is 7.84. The first-order chi connectivity index (χ1) is 8.92. The molecule has 1 aliphatic carbocycles. The van der Waals surface area contributed by atoms with Gasteiger partial charge in [-0.1, -0.05) is 18.2 Å². The number of ether oxygens (including phenoxy) is 2. The Labute approximate surface area is 113 Å². The molecule has 0 saturated carbocycles. The lowest BCUT2D eigenvalue weighted by Gasteiger charge is -2.24. The van der Waals surface area contributed by atoms with Crippen LogP contribution in [0.5, 0.6) is 0 Å². The van der Waals surface area contributed by atoms with Gasteiger partial charge in [0.05, 0.1) is 17.6 Å². The van der Waals surface area contributed by atoms with E-state index in [4.69, 9.17) is 9.47 Å². The predicted octanol–water partition coefficient (Wildman–Crippen LogP) is 1.73. The van der Waals surface area contributed by atoms with Crippen LogP contribution in [0.2, 0.25) is 0 Å². The zero-order valence-corrected chi connectivity index (χ0v) is 11.4. The molecule has 0 amide bonds. The van der Waals surface area contributed by atoms with Crippen molar-refractivity contribution in [2.45, 2.75) is 57.0 Å². The van der Waals surface area contributed by atoms with Gasteiger partial charge < -0.3 is 14.6 Å². The predicted molar refractivity (Wildman–Crippen MR) is 69.4 cm³/mol. The van der Waals surface area contributed by atoms with Crippen LogP contribution in [0.3, 0.4) is 0 Å². The van der Waals surface area contributed by atoms with Gasteiger partial charge >= 0.3 is 5.97 Å². The third-order valence-electron chi connectivity index (χ3n) is 4.60. The third kappa shape index (κ3) is 2.03. The van der Waals surface area contributed by atoms with Crippen LogP contribution in [0.25, 0.3) is 0 Å². The molecule has 0 spiro atoms. The molecule has 3 rings (SSSR count). The van der Waals surface area contributed by atoms with Crippen molar-refractivity contribution in [3.8, 4) is 0 Å². The Morgan fingerprint density at radius 3 is 3.00 bits per heavy atom. The molecule has 1 N–H and O–H groups in total. The molecule has 19 heavy (non-hydrogen) atoms. The van der Waals surface area contributed by atoms with Crippen molar-refractivity contribution < 1.29 is 19.4 Å². The SMILES string of the molecule is C=C1C(=O)O[C@H]2C/C(C)=C/CC[C@@]3(C)O[C@H]3[C@@H](O)[C@@H]12. The largest absolute Gasteiger partial charge is 0.458 e. The topological polar surface area (TPSA) is 59.1 Å². The highest BCUT2D eigenvalue weighted by molar-refractivity contribution is 5.91. The molecule has 0 aromatic heterocycles. The fourth-order valence-corrected chi connectivity index (χ4v) is 3.32. The van der Waals surface area contributed by atoms with E-state index in [1.54, 1.807) is 0 Å². The van der Waals surface area contributed by atoms with Gasteiger partial charge in [0.2, 0.25) is 0 Å². The molecule has 5 atom stereocenters. The fourth-order valence-electron chi connectivity index (χ4n) is 3.32. The first kappa shape index (κ1) is 12.9. The van der Waals surface area contributed by atoms with Crippen molar-refractivity contribution in [3.05, 3.63) is 23.8 Å². The minimum absolute atomic E-state index is 0.210. The van der Waals surface area contributed by atoms with E-state index < -0.39 is 6.10 Å². The Morgan fingerprint density at radius 1 is 1.53 bits per heavy atom. The average molecular weight is 264 g/mol. The van der Waals surface area contributed by atoms with E-state index in [9.17, 15) is 9.90 Å². The molecule has 0 unspecified atom stereocenters. The molecule has 104 valence electrons. The van der Waals surface area contributed by atoms with Crippen LogP contribution in [0, 0.1) is 5.92 Å². The summed E-state index contributed by atoms with van der Waals surface area (Å²) < 4.78 is 11.0. The summed E-state index contributed by atoms with van der Waals surface area (Å²) >= 11 is 0. The van der Waals surface area contributed by atoms with Crippen LogP contribution < -0.4 is 0 Å². The highest BCUT2D eigenvalue weighted by Crippen LogP contribution is 2.48. The standard InChI is InChI=1S/C15H20O4/c1-8-5-4-6-15(3)13(19-15)12(16)11-9(2)14(17)18-10(11)7-8/h5,10-13,16H,2,4,6-7H2,1,3H3/b8-5+/t10-,11-,12-,13-,15+/m0/s1. The fraction of sp³-hybridized carbons (Fsp3) is 0.667. The van der Waals surface area contributed by atoms with Crippen molar-refractivity contribution in [1.82, 2.24) is 0 Å². The number of rotatable bonds is 0. The van der Waals surface area contributed by atoms with Crippen molar-refractivity contribution in [1.29, 1.82) is 0 Å². The molecule has 4 heteroatoms. The normalized spacial score (nSPS) is 48.7.